The normalized spacial score (nSPS) is 12.7. The summed E-state index contributed by atoms with van der Waals surface area (Å²) in [6.07, 6.45) is 0. The van der Waals surface area contributed by atoms with E-state index in [1.54, 1.807) is 0 Å². The molecule has 9 aromatic carbocycles. The van der Waals surface area contributed by atoms with Gasteiger partial charge < -0.3 is 9.32 Å². The van der Waals surface area contributed by atoms with E-state index in [4.69, 9.17) is 4.42 Å². The average Bonchev–Trinajstić information content (AvgIpc) is 3.80. The van der Waals surface area contributed by atoms with Crippen molar-refractivity contribution in [1.82, 2.24) is 0 Å². The molecular formula is C57H41NO. The fourth-order valence-electron chi connectivity index (χ4n) is 9.67. The Hall–Kier alpha value is -7.42. The first-order chi connectivity index (χ1) is 29.1. The van der Waals surface area contributed by atoms with E-state index in [-0.39, 0.29) is 5.41 Å². The van der Waals surface area contributed by atoms with Gasteiger partial charge in [-0.2, -0.15) is 0 Å². The Labute approximate surface area is 345 Å². The van der Waals surface area contributed by atoms with Crippen LogP contribution in [0.1, 0.15) is 25.0 Å². The Morgan fingerprint density at radius 2 is 0.898 bits per heavy atom. The summed E-state index contributed by atoms with van der Waals surface area (Å²) in [4.78, 5) is 2.45. The number of nitrogens with zero attached hydrogens (tertiary/aromatic N) is 1. The van der Waals surface area contributed by atoms with Gasteiger partial charge in [-0.05, 0) is 97.6 Å². The van der Waals surface area contributed by atoms with Crippen LogP contribution in [0.4, 0.5) is 17.1 Å². The molecule has 59 heavy (non-hydrogen) atoms. The van der Waals surface area contributed by atoms with Gasteiger partial charge in [-0.25, -0.2) is 0 Å². The number of hydrogen-bond donors (Lipinski definition) is 0. The van der Waals surface area contributed by atoms with E-state index in [9.17, 15) is 0 Å². The van der Waals surface area contributed by atoms with Crippen LogP contribution in [0.5, 0.6) is 0 Å². The summed E-state index contributed by atoms with van der Waals surface area (Å²) in [6.45, 7) is 4.73. The van der Waals surface area contributed by atoms with Crippen LogP contribution in [0.2, 0.25) is 0 Å². The van der Waals surface area contributed by atoms with Crippen LogP contribution in [0, 0.1) is 0 Å². The molecule has 0 amide bonds. The minimum atomic E-state index is -0.121. The van der Waals surface area contributed by atoms with Crippen molar-refractivity contribution in [2.75, 3.05) is 4.90 Å². The van der Waals surface area contributed by atoms with Gasteiger partial charge in [-0.1, -0.05) is 190 Å². The minimum absolute atomic E-state index is 0.121. The summed E-state index contributed by atoms with van der Waals surface area (Å²) >= 11 is 0. The van der Waals surface area contributed by atoms with E-state index < -0.39 is 0 Å². The molecule has 11 rings (SSSR count). The molecule has 2 heteroatoms. The largest absolute Gasteiger partial charge is 0.456 e. The summed E-state index contributed by atoms with van der Waals surface area (Å²) in [5.74, 6) is 0. The zero-order chi connectivity index (χ0) is 39.5. The second kappa shape index (κ2) is 13.9. The highest BCUT2D eigenvalue weighted by molar-refractivity contribution is 6.14. The Bertz CT molecular complexity index is 3170. The molecular weight excluding hydrogens is 715 g/mol. The molecule has 0 N–H and O–H groups in total. The SMILES string of the molecule is CC1(C)c2ccccc2-c2cccc(-c3ccc(N(c4cccc(-c5ccccc5)c4-c4ccccc4-c4ccccc4)c4cccc5oc6ccccc6c45)cc3)c21. The van der Waals surface area contributed by atoms with Crippen LogP contribution in [0.15, 0.2) is 217 Å². The standard InChI is InChI=1S/C57H41NO/c1-57(2)49-29-13-11-23-45(49)47-28-15-27-44(56(47)57)40-34-36-41(37-35-40)58(51-31-17-33-53-55(51)48-25-12-14-32-52(48)59-53)50-30-16-26-43(39-20-7-4-8-21-39)54(50)46-24-10-9-22-42(46)38-18-5-3-6-19-38/h3-37H,1-2H3. The third-order valence-corrected chi connectivity index (χ3v) is 12.3. The van der Waals surface area contributed by atoms with E-state index in [1.807, 2.05) is 6.07 Å². The molecule has 2 nitrogen and oxygen atoms in total. The van der Waals surface area contributed by atoms with Crippen molar-refractivity contribution in [3.8, 4) is 55.6 Å². The quantitative estimate of drug-likeness (QED) is 0.161. The van der Waals surface area contributed by atoms with Gasteiger partial charge in [0.2, 0.25) is 0 Å². The Kier molecular flexibility index (Phi) is 8.20. The average molecular weight is 756 g/mol. The van der Waals surface area contributed by atoms with Crippen LogP contribution < -0.4 is 4.90 Å². The number of benzene rings is 9. The maximum Gasteiger partial charge on any atom is 0.137 e. The third-order valence-electron chi connectivity index (χ3n) is 12.3. The minimum Gasteiger partial charge on any atom is -0.456 e. The number of hydrogen-bond acceptors (Lipinski definition) is 2. The molecule has 0 fully saturated rings. The predicted molar refractivity (Wildman–Crippen MR) is 248 cm³/mol. The molecule has 10 aromatic rings. The van der Waals surface area contributed by atoms with Crippen LogP contribution in [0.3, 0.4) is 0 Å². The van der Waals surface area contributed by atoms with E-state index in [1.165, 1.54) is 55.6 Å². The molecule has 1 aliphatic rings. The molecule has 0 bridgehead atoms. The lowest BCUT2D eigenvalue weighted by molar-refractivity contribution is 0.662. The zero-order valence-corrected chi connectivity index (χ0v) is 33.1. The Morgan fingerprint density at radius 3 is 1.68 bits per heavy atom. The maximum absolute atomic E-state index is 6.54. The Morgan fingerprint density at radius 1 is 0.373 bits per heavy atom. The number of fused-ring (bicyclic) bond motifs is 6. The summed E-state index contributed by atoms with van der Waals surface area (Å²) in [5, 5.41) is 2.17. The molecule has 1 heterocycles. The van der Waals surface area contributed by atoms with Crippen LogP contribution in [-0.2, 0) is 5.41 Å². The van der Waals surface area contributed by atoms with Gasteiger partial charge in [-0.3, -0.25) is 0 Å². The molecule has 0 spiro atoms. The molecule has 0 aliphatic heterocycles. The molecule has 0 saturated carbocycles. The van der Waals surface area contributed by atoms with Gasteiger partial charge in [-0.15, -0.1) is 0 Å². The second-order valence-corrected chi connectivity index (χ2v) is 16.0. The smallest absolute Gasteiger partial charge is 0.137 e. The summed E-state index contributed by atoms with van der Waals surface area (Å²) in [7, 11) is 0. The Balaban J connectivity index is 1.18. The van der Waals surface area contributed by atoms with Crippen LogP contribution >= 0.6 is 0 Å². The summed E-state index contributed by atoms with van der Waals surface area (Å²) in [5.41, 5.74) is 19.7. The van der Waals surface area contributed by atoms with E-state index in [2.05, 4.69) is 225 Å². The highest BCUT2D eigenvalue weighted by Gasteiger charge is 2.37. The fraction of sp³-hybridized carbons (Fsp3) is 0.0526. The molecule has 0 radical (unpaired) electrons. The van der Waals surface area contributed by atoms with Crippen LogP contribution in [0.25, 0.3) is 77.6 Å². The predicted octanol–water partition coefficient (Wildman–Crippen LogP) is 16.0. The van der Waals surface area contributed by atoms with Crippen molar-refractivity contribution in [3.05, 3.63) is 223 Å². The molecule has 0 saturated heterocycles. The second-order valence-electron chi connectivity index (χ2n) is 16.0. The maximum atomic E-state index is 6.54. The first-order valence-electron chi connectivity index (χ1n) is 20.4. The lowest BCUT2D eigenvalue weighted by atomic mass is 9.79. The van der Waals surface area contributed by atoms with E-state index in [0.717, 1.165) is 50.1 Å². The first kappa shape index (κ1) is 34.8. The van der Waals surface area contributed by atoms with Gasteiger partial charge in [0.1, 0.15) is 11.2 Å². The zero-order valence-electron chi connectivity index (χ0n) is 33.1. The monoisotopic (exact) mass is 755 g/mol. The molecule has 0 atom stereocenters. The summed E-state index contributed by atoms with van der Waals surface area (Å²) in [6, 6.07) is 76.8. The van der Waals surface area contributed by atoms with Crippen molar-refractivity contribution >= 4 is 39.0 Å². The van der Waals surface area contributed by atoms with Crippen molar-refractivity contribution in [2.45, 2.75) is 19.3 Å². The number of rotatable bonds is 7. The van der Waals surface area contributed by atoms with Crippen LogP contribution in [-0.4, -0.2) is 0 Å². The van der Waals surface area contributed by atoms with Crippen molar-refractivity contribution in [3.63, 3.8) is 0 Å². The third kappa shape index (κ3) is 5.63. The molecule has 1 aromatic heterocycles. The topological polar surface area (TPSA) is 16.4 Å². The number of furan rings is 1. The van der Waals surface area contributed by atoms with Gasteiger partial charge in [0, 0.05) is 22.1 Å². The fourth-order valence-corrected chi connectivity index (χ4v) is 9.67. The van der Waals surface area contributed by atoms with E-state index in [0.29, 0.717) is 0 Å². The highest BCUT2D eigenvalue weighted by Crippen LogP contribution is 2.53. The lowest BCUT2D eigenvalue weighted by Gasteiger charge is -2.30. The van der Waals surface area contributed by atoms with Gasteiger partial charge in [0.25, 0.3) is 0 Å². The number of para-hydroxylation sites is 1. The van der Waals surface area contributed by atoms with Crippen molar-refractivity contribution < 1.29 is 4.42 Å². The lowest BCUT2D eigenvalue weighted by Crippen LogP contribution is -2.16. The number of anilines is 3. The first-order valence-corrected chi connectivity index (χ1v) is 20.4. The molecule has 0 unspecified atom stereocenters. The van der Waals surface area contributed by atoms with Crippen molar-refractivity contribution in [2.24, 2.45) is 0 Å². The van der Waals surface area contributed by atoms with Gasteiger partial charge in [0.05, 0.1) is 16.8 Å². The summed E-state index contributed by atoms with van der Waals surface area (Å²) < 4.78 is 6.54. The molecule has 280 valence electrons. The molecule has 1 aliphatic carbocycles. The highest BCUT2D eigenvalue weighted by atomic mass is 16.3. The van der Waals surface area contributed by atoms with Gasteiger partial charge in [0.15, 0.2) is 0 Å². The van der Waals surface area contributed by atoms with E-state index >= 15 is 0 Å². The van der Waals surface area contributed by atoms with Gasteiger partial charge >= 0.3 is 0 Å². The van der Waals surface area contributed by atoms with Crippen molar-refractivity contribution in [1.29, 1.82) is 0 Å².